The summed E-state index contributed by atoms with van der Waals surface area (Å²) in [5.74, 6) is 1.09. The van der Waals surface area contributed by atoms with Crippen molar-refractivity contribution < 1.29 is 9.53 Å². The third-order valence-electron chi connectivity index (χ3n) is 4.37. The van der Waals surface area contributed by atoms with Crippen LogP contribution in [0.3, 0.4) is 0 Å². The zero-order chi connectivity index (χ0) is 15.2. The number of hydrogen-bond acceptors (Lipinski definition) is 3. The molecule has 0 saturated carbocycles. The molecule has 1 heterocycles. The Kier molecular flexibility index (Phi) is 5.80. The van der Waals surface area contributed by atoms with E-state index in [0.717, 1.165) is 42.1 Å². The third-order valence-corrected chi connectivity index (χ3v) is 4.37. The number of carbonyl (C=O) groups is 1. The van der Waals surface area contributed by atoms with E-state index in [1.54, 1.807) is 7.11 Å². The molecule has 1 aliphatic heterocycles. The zero-order valence-corrected chi connectivity index (χ0v) is 13.6. The van der Waals surface area contributed by atoms with Gasteiger partial charge in [0.2, 0.25) is 0 Å². The van der Waals surface area contributed by atoms with Gasteiger partial charge in [-0.15, -0.1) is 0 Å². The van der Waals surface area contributed by atoms with Gasteiger partial charge in [0.1, 0.15) is 5.75 Å². The molecule has 0 spiro atoms. The number of ether oxygens (including phenoxy) is 1. The average molecular weight is 289 g/mol. The van der Waals surface area contributed by atoms with Crippen LogP contribution in [0.15, 0.2) is 12.1 Å². The fraction of sp³-hybridized carbons (Fsp3) is 0.611. The maximum absolute atomic E-state index is 12.5. The van der Waals surface area contributed by atoms with Gasteiger partial charge in [0.25, 0.3) is 0 Å². The van der Waals surface area contributed by atoms with Crippen LogP contribution in [-0.4, -0.2) is 37.4 Å². The highest BCUT2D eigenvalue weighted by molar-refractivity contribution is 5.99. The van der Waals surface area contributed by atoms with Crippen molar-refractivity contribution in [3.63, 3.8) is 0 Å². The minimum absolute atomic E-state index is 0.261. The van der Waals surface area contributed by atoms with Crippen molar-refractivity contribution in [2.24, 2.45) is 0 Å². The molecule has 0 aromatic heterocycles. The number of nitrogens with zero attached hydrogens (tertiary/aromatic N) is 1. The second-order valence-electron chi connectivity index (χ2n) is 6.07. The Hall–Kier alpha value is -1.35. The van der Waals surface area contributed by atoms with Gasteiger partial charge < -0.3 is 9.64 Å². The van der Waals surface area contributed by atoms with E-state index in [0.29, 0.717) is 6.42 Å². The molecule has 0 bridgehead atoms. The van der Waals surface area contributed by atoms with Crippen LogP contribution in [0.2, 0.25) is 0 Å². The number of rotatable bonds is 5. The molecule has 116 valence electrons. The van der Waals surface area contributed by atoms with Gasteiger partial charge in [0.05, 0.1) is 7.11 Å². The normalized spacial score (nSPS) is 16.5. The molecule has 3 heteroatoms. The van der Waals surface area contributed by atoms with Crippen LogP contribution in [0.25, 0.3) is 0 Å². The van der Waals surface area contributed by atoms with Gasteiger partial charge in [0, 0.05) is 18.5 Å². The molecule has 0 aliphatic carbocycles. The summed E-state index contributed by atoms with van der Waals surface area (Å²) in [6.07, 6.45) is 5.83. The van der Waals surface area contributed by atoms with Gasteiger partial charge in [-0.25, -0.2) is 0 Å². The smallest absolute Gasteiger partial charge is 0.164 e. The molecule has 1 aromatic rings. The van der Waals surface area contributed by atoms with Crippen molar-refractivity contribution >= 4 is 5.78 Å². The van der Waals surface area contributed by atoms with Crippen molar-refractivity contribution in [3.05, 3.63) is 28.8 Å². The van der Waals surface area contributed by atoms with Crippen LogP contribution in [0.4, 0.5) is 0 Å². The minimum Gasteiger partial charge on any atom is -0.497 e. The molecule has 3 nitrogen and oxygen atoms in total. The second kappa shape index (κ2) is 7.60. The highest BCUT2D eigenvalue weighted by atomic mass is 16.5. The van der Waals surface area contributed by atoms with Gasteiger partial charge in [-0.1, -0.05) is 12.8 Å². The van der Waals surface area contributed by atoms with Gasteiger partial charge in [0.15, 0.2) is 5.78 Å². The first-order chi connectivity index (χ1) is 10.1. The molecule has 1 saturated heterocycles. The van der Waals surface area contributed by atoms with Crippen molar-refractivity contribution in [2.75, 3.05) is 26.7 Å². The molecular weight excluding hydrogens is 262 g/mol. The van der Waals surface area contributed by atoms with Crippen molar-refractivity contribution in [1.29, 1.82) is 0 Å². The van der Waals surface area contributed by atoms with Crippen LogP contribution in [0.5, 0.6) is 5.75 Å². The van der Waals surface area contributed by atoms with E-state index < -0.39 is 0 Å². The van der Waals surface area contributed by atoms with Crippen LogP contribution in [0.1, 0.15) is 53.6 Å². The van der Waals surface area contributed by atoms with Crippen molar-refractivity contribution in [3.8, 4) is 5.75 Å². The summed E-state index contributed by atoms with van der Waals surface area (Å²) in [6, 6.07) is 3.90. The molecule has 1 fully saturated rings. The summed E-state index contributed by atoms with van der Waals surface area (Å²) in [6.45, 7) is 7.18. The van der Waals surface area contributed by atoms with E-state index in [2.05, 4.69) is 4.90 Å². The van der Waals surface area contributed by atoms with E-state index >= 15 is 0 Å². The maximum atomic E-state index is 12.5. The number of carbonyl (C=O) groups excluding carboxylic acids is 1. The fourth-order valence-corrected chi connectivity index (χ4v) is 3.23. The Morgan fingerprint density at radius 2 is 1.67 bits per heavy atom. The molecule has 1 aliphatic rings. The lowest BCUT2D eigenvalue weighted by atomic mass is 9.97. The Bertz CT molecular complexity index is 465. The number of benzene rings is 1. The lowest BCUT2D eigenvalue weighted by Crippen LogP contribution is -2.27. The molecule has 0 radical (unpaired) electrons. The quantitative estimate of drug-likeness (QED) is 0.773. The SMILES string of the molecule is COc1cc(C)c(C(=O)CCN2CCCCCC2)c(C)c1. The van der Waals surface area contributed by atoms with E-state index in [4.69, 9.17) is 4.74 Å². The number of aryl methyl sites for hydroxylation is 2. The molecule has 0 N–H and O–H groups in total. The Balaban J connectivity index is 1.99. The Labute approximate surface area is 128 Å². The first kappa shape index (κ1) is 16.0. The lowest BCUT2D eigenvalue weighted by Gasteiger charge is -2.19. The number of hydrogen-bond donors (Lipinski definition) is 0. The molecular formula is C18H27NO2. The Morgan fingerprint density at radius 1 is 1.10 bits per heavy atom. The van der Waals surface area contributed by atoms with Crippen LogP contribution >= 0.6 is 0 Å². The van der Waals surface area contributed by atoms with Gasteiger partial charge in [-0.05, 0) is 63.0 Å². The maximum Gasteiger partial charge on any atom is 0.164 e. The summed E-state index contributed by atoms with van der Waals surface area (Å²) in [4.78, 5) is 15.0. The monoisotopic (exact) mass is 289 g/mol. The van der Waals surface area contributed by atoms with Crippen molar-refractivity contribution in [1.82, 2.24) is 4.90 Å². The largest absolute Gasteiger partial charge is 0.497 e. The average Bonchev–Trinajstić information content (AvgIpc) is 2.72. The van der Waals surface area contributed by atoms with Crippen LogP contribution in [-0.2, 0) is 0 Å². The molecule has 0 amide bonds. The Morgan fingerprint density at radius 3 is 2.19 bits per heavy atom. The van der Waals surface area contributed by atoms with Gasteiger partial charge in [-0.3, -0.25) is 4.79 Å². The number of methoxy groups -OCH3 is 1. The van der Waals surface area contributed by atoms with Crippen LogP contribution < -0.4 is 4.74 Å². The van der Waals surface area contributed by atoms with Gasteiger partial charge >= 0.3 is 0 Å². The fourth-order valence-electron chi connectivity index (χ4n) is 3.23. The van der Waals surface area contributed by atoms with E-state index in [-0.39, 0.29) is 5.78 Å². The second-order valence-corrected chi connectivity index (χ2v) is 6.07. The van der Waals surface area contributed by atoms with Crippen LogP contribution in [0, 0.1) is 13.8 Å². The minimum atomic E-state index is 0.261. The highest BCUT2D eigenvalue weighted by Gasteiger charge is 2.16. The predicted octanol–water partition coefficient (Wildman–Crippen LogP) is 3.76. The summed E-state index contributed by atoms with van der Waals surface area (Å²) in [7, 11) is 1.66. The zero-order valence-electron chi connectivity index (χ0n) is 13.6. The number of ketones is 1. The molecule has 1 aromatic carbocycles. The highest BCUT2D eigenvalue weighted by Crippen LogP contribution is 2.23. The third kappa shape index (κ3) is 4.31. The first-order valence-electron chi connectivity index (χ1n) is 8.02. The molecule has 0 atom stereocenters. The summed E-state index contributed by atoms with van der Waals surface area (Å²) in [5, 5.41) is 0. The predicted molar refractivity (Wildman–Crippen MR) is 86.3 cm³/mol. The number of Topliss-reactive ketones (excluding diaryl/α,β-unsaturated/α-hetero) is 1. The summed E-state index contributed by atoms with van der Waals surface area (Å²) >= 11 is 0. The van der Waals surface area contributed by atoms with E-state index in [1.807, 2.05) is 26.0 Å². The van der Waals surface area contributed by atoms with E-state index in [9.17, 15) is 4.79 Å². The van der Waals surface area contributed by atoms with E-state index in [1.165, 1.54) is 25.7 Å². The van der Waals surface area contributed by atoms with Crippen molar-refractivity contribution in [2.45, 2.75) is 46.0 Å². The van der Waals surface area contributed by atoms with Gasteiger partial charge in [-0.2, -0.15) is 0 Å². The number of likely N-dealkylation sites (tertiary alicyclic amines) is 1. The molecule has 2 rings (SSSR count). The lowest BCUT2D eigenvalue weighted by molar-refractivity contribution is 0.0963. The molecule has 21 heavy (non-hydrogen) atoms. The molecule has 0 unspecified atom stereocenters. The standard InChI is InChI=1S/C18H27NO2/c1-14-12-16(21-3)13-15(2)18(14)17(20)8-11-19-9-6-4-5-7-10-19/h12-13H,4-11H2,1-3H3. The first-order valence-corrected chi connectivity index (χ1v) is 8.02. The topological polar surface area (TPSA) is 29.5 Å². The summed E-state index contributed by atoms with van der Waals surface area (Å²) < 4.78 is 5.26. The summed E-state index contributed by atoms with van der Waals surface area (Å²) in [5.41, 5.74) is 2.92.